The van der Waals surface area contributed by atoms with E-state index in [1.54, 1.807) is 41.4 Å². The van der Waals surface area contributed by atoms with Crippen LogP contribution in [0.3, 0.4) is 0 Å². The van der Waals surface area contributed by atoms with Crippen molar-refractivity contribution >= 4 is 17.5 Å². The van der Waals surface area contributed by atoms with Gasteiger partial charge in [-0.25, -0.2) is 4.39 Å². The van der Waals surface area contributed by atoms with Gasteiger partial charge < -0.3 is 14.9 Å². The second-order valence-corrected chi connectivity index (χ2v) is 7.43. The Morgan fingerprint density at radius 1 is 1.14 bits per heavy atom. The van der Waals surface area contributed by atoms with E-state index in [9.17, 15) is 19.1 Å². The highest BCUT2D eigenvalue weighted by atomic mass is 19.1. The zero-order valence-corrected chi connectivity index (χ0v) is 15.4. The summed E-state index contributed by atoms with van der Waals surface area (Å²) >= 11 is 0. The Kier molecular flexibility index (Phi) is 4.85. The zero-order chi connectivity index (χ0) is 19.7. The normalized spacial score (nSPS) is 21.8. The van der Waals surface area contributed by atoms with Gasteiger partial charge in [0.25, 0.3) is 0 Å². The summed E-state index contributed by atoms with van der Waals surface area (Å²) in [6.07, 6.45) is 2.52. The van der Waals surface area contributed by atoms with E-state index in [-0.39, 0.29) is 30.5 Å². The predicted octanol–water partition coefficient (Wildman–Crippen LogP) is 2.08. The summed E-state index contributed by atoms with van der Waals surface area (Å²) in [6, 6.07) is 11.5. The number of aromatic nitrogens is 1. The molecule has 2 saturated heterocycles. The van der Waals surface area contributed by atoms with Gasteiger partial charge in [-0.05, 0) is 37.1 Å². The summed E-state index contributed by atoms with van der Waals surface area (Å²) in [7, 11) is 0. The monoisotopic (exact) mass is 383 g/mol. The summed E-state index contributed by atoms with van der Waals surface area (Å²) in [4.78, 5) is 32.6. The second kappa shape index (κ2) is 7.31. The number of hydrogen-bond acceptors (Lipinski definition) is 4. The number of para-hydroxylation sites is 1. The molecule has 0 saturated carbocycles. The molecule has 2 aromatic rings. The van der Waals surface area contributed by atoms with Gasteiger partial charge in [0, 0.05) is 32.3 Å². The fraction of sp³-hybridized carbons (Fsp3) is 0.381. The molecule has 1 aromatic carbocycles. The molecule has 2 amide bonds. The second-order valence-electron chi connectivity index (χ2n) is 7.43. The minimum atomic E-state index is -1.04. The van der Waals surface area contributed by atoms with Gasteiger partial charge in [0.05, 0.1) is 17.3 Å². The minimum absolute atomic E-state index is 0.0776. The van der Waals surface area contributed by atoms with Crippen LogP contribution in [0.5, 0.6) is 0 Å². The standard InChI is InChI=1S/C21H22FN3O3/c22-16-5-1-2-6-17(16)25-14-15(13-19(25)26)20(27)24-11-8-21(28,9-12-24)18-7-3-4-10-23-18/h1-7,10,15,28H,8-9,11-14H2/t15-/m1/s1. The van der Waals surface area contributed by atoms with E-state index in [1.165, 1.54) is 11.0 Å². The molecule has 7 heteroatoms. The van der Waals surface area contributed by atoms with Crippen molar-refractivity contribution in [1.82, 2.24) is 9.88 Å². The summed E-state index contributed by atoms with van der Waals surface area (Å²) < 4.78 is 14.0. The molecule has 1 aromatic heterocycles. The highest BCUT2D eigenvalue weighted by Crippen LogP contribution is 2.33. The topological polar surface area (TPSA) is 73.7 Å². The lowest BCUT2D eigenvalue weighted by molar-refractivity contribution is -0.140. The molecule has 0 bridgehead atoms. The zero-order valence-electron chi connectivity index (χ0n) is 15.4. The maximum Gasteiger partial charge on any atom is 0.228 e. The lowest BCUT2D eigenvalue weighted by atomic mass is 9.87. The Bertz CT molecular complexity index is 881. The van der Waals surface area contributed by atoms with Gasteiger partial charge in [0.15, 0.2) is 0 Å². The van der Waals surface area contributed by atoms with E-state index in [4.69, 9.17) is 0 Å². The number of likely N-dealkylation sites (tertiary alicyclic amines) is 1. The number of hydrogen-bond donors (Lipinski definition) is 1. The van der Waals surface area contributed by atoms with Gasteiger partial charge in [-0.3, -0.25) is 14.6 Å². The highest BCUT2D eigenvalue weighted by molar-refractivity contribution is 6.00. The number of piperidine rings is 1. The van der Waals surface area contributed by atoms with Crippen molar-refractivity contribution in [2.45, 2.75) is 24.9 Å². The molecule has 0 aliphatic carbocycles. The molecule has 2 aliphatic rings. The first kappa shape index (κ1) is 18.6. The molecule has 2 aliphatic heterocycles. The van der Waals surface area contributed by atoms with Crippen molar-refractivity contribution in [3.63, 3.8) is 0 Å². The van der Waals surface area contributed by atoms with Crippen molar-refractivity contribution in [2.24, 2.45) is 5.92 Å². The van der Waals surface area contributed by atoms with E-state index in [1.807, 2.05) is 6.07 Å². The fourth-order valence-electron chi connectivity index (χ4n) is 4.03. The van der Waals surface area contributed by atoms with Crippen molar-refractivity contribution in [3.05, 3.63) is 60.2 Å². The minimum Gasteiger partial charge on any atom is -0.383 e. The number of halogens is 1. The van der Waals surface area contributed by atoms with E-state index >= 15 is 0 Å². The number of amides is 2. The van der Waals surface area contributed by atoms with Crippen molar-refractivity contribution in [1.29, 1.82) is 0 Å². The highest BCUT2D eigenvalue weighted by Gasteiger charge is 2.41. The van der Waals surface area contributed by atoms with Gasteiger partial charge in [-0.15, -0.1) is 0 Å². The van der Waals surface area contributed by atoms with Crippen LogP contribution in [0.25, 0.3) is 0 Å². The molecule has 0 radical (unpaired) electrons. The molecule has 4 rings (SSSR count). The van der Waals surface area contributed by atoms with Crippen LogP contribution in [-0.4, -0.2) is 46.4 Å². The largest absolute Gasteiger partial charge is 0.383 e. The molecular weight excluding hydrogens is 361 g/mol. The third kappa shape index (κ3) is 3.38. The molecule has 146 valence electrons. The van der Waals surface area contributed by atoms with E-state index in [0.717, 1.165) is 0 Å². The number of pyridine rings is 1. The quantitative estimate of drug-likeness (QED) is 0.881. The average Bonchev–Trinajstić information content (AvgIpc) is 3.10. The molecule has 0 spiro atoms. The molecule has 1 N–H and O–H groups in total. The van der Waals surface area contributed by atoms with Gasteiger partial charge in [-0.2, -0.15) is 0 Å². The Morgan fingerprint density at radius 3 is 2.54 bits per heavy atom. The van der Waals surface area contributed by atoms with Gasteiger partial charge >= 0.3 is 0 Å². The van der Waals surface area contributed by atoms with E-state index < -0.39 is 17.3 Å². The van der Waals surface area contributed by atoms with Crippen molar-refractivity contribution in [2.75, 3.05) is 24.5 Å². The molecular formula is C21H22FN3O3. The van der Waals surface area contributed by atoms with Crippen LogP contribution in [0.15, 0.2) is 48.7 Å². The Labute approximate surface area is 162 Å². The Hall–Kier alpha value is -2.80. The predicted molar refractivity (Wildman–Crippen MR) is 101 cm³/mol. The summed E-state index contributed by atoms with van der Waals surface area (Å²) in [5, 5.41) is 10.9. The molecule has 3 heterocycles. The number of anilines is 1. The fourth-order valence-corrected chi connectivity index (χ4v) is 4.03. The summed E-state index contributed by atoms with van der Waals surface area (Å²) in [5.41, 5.74) is -0.210. The van der Waals surface area contributed by atoms with Crippen LogP contribution in [-0.2, 0) is 15.2 Å². The smallest absolute Gasteiger partial charge is 0.228 e. The number of aliphatic hydroxyl groups is 1. The molecule has 0 unspecified atom stereocenters. The SMILES string of the molecule is O=C([C@@H]1CC(=O)N(c2ccccc2F)C1)N1CCC(O)(c2ccccn2)CC1. The van der Waals surface area contributed by atoms with Gasteiger partial charge in [0.1, 0.15) is 11.4 Å². The maximum atomic E-state index is 14.0. The lowest BCUT2D eigenvalue weighted by Crippen LogP contribution is -2.47. The number of carbonyl (C=O) groups excluding carboxylic acids is 2. The summed E-state index contributed by atoms with van der Waals surface area (Å²) in [5.74, 6) is -1.32. The molecule has 1 atom stereocenters. The first-order valence-corrected chi connectivity index (χ1v) is 9.45. The van der Waals surface area contributed by atoms with E-state index in [2.05, 4.69) is 4.98 Å². The van der Waals surface area contributed by atoms with Crippen LogP contribution in [0.1, 0.15) is 25.0 Å². The lowest BCUT2D eigenvalue weighted by Gasteiger charge is -2.38. The first-order chi connectivity index (χ1) is 13.5. The molecule has 28 heavy (non-hydrogen) atoms. The number of nitrogens with zero attached hydrogens (tertiary/aromatic N) is 3. The summed E-state index contributed by atoms with van der Waals surface area (Å²) in [6.45, 7) is 0.978. The first-order valence-electron chi connectivity index (χ1n) is 9.45. The van der Waals surface area contributed by atoms with Crippen molar-refractivity contribution in [3.8, 4) is 0 Å². The van der Waals surface area contributed by atoms with Crippen LogP contribution < -0.4 is 4.90 Å². The molecule has 2 fully saturated rings. The number of benzene rings is 1. The Balaban J connectivity index is 1.41. The maximum absolute atomic E-state index is 14.0. The third-order valence-corrected chi connectivity index (χ3v) is 5.66. The van der Waals surface area contributed by atoms with Crippen molar-refractivity contribution < 1.29 is 19.1 Å². The number of carbonyl (C=O) groups is 2. The van der Waals surface area contributed by atoms with E-state index in [0.29, 0.717) is 31.6 Å². The van der Waals surface area contributed by atoms with Crippen LogP contribution in [0.2, 0.25) is 0 Å². The third-order valence-electron chi connectivity index (χ3n) is 5.66. The van der Waals surface area contributed by atoms with Crippen LogP contribution in [0.4, 0.5) is 10.1 Å². The van der Waals surface area contributed by atoms with Crippen LogP contribution >= 0.6 is 0 Å². The number of rotatable bonds is 3. The Morgan fingerprint density at radius 2 is 1.86 bits per heavy atom. The average molecular weight is 383 g/mol. The van der Waals surface area contributed by atoms with Crippen LogP contribution in [0, 0.1) is 11.7 Å². The van der Waals surface area contributed by atoms with Gasteiger partial charge in [0.2, 0.25) is 11.8 Å². The molecule has 6 nitrogen and oxygen atoms in total. The van der Waals surface area contributed by atoms with Gasteiger partial charge in [-0.1, -0.05) is 18.2 Å².